The van der Waals surface area contributed by atoms with Crippen molar-refractivity contribution >= 4 is 38.4 Å². The fourth-order valence-electron chi connectivity index (χ4n) is 0.974. The summed E-state index contributed by atoms with van der Waals surface area (Å²) in [5.74, 6) is 0.427. The van der Waals surface area contributed by atoms with Crippen LogP contribution < -0.4 is 29.6 Å². The van der Waals surface area contributed by atoms with E-state index in [4.69, 9.17) is 16.8 Å². The van der Waals surface area contributed by atoms with Crippen LogP contribution in [-0.4, -0.2) is 46.8 Å². The Kier molecular flexibility index (Phi) is 12.3. The molecule has 0 unspecified atom stereocenters. The van der Waals surface area contributed by atoms with Gasteiger partial charge in [-0.25, -0.2) is 0 Å². The van der Waals surface area contributed by atoms with Crippen LogP contribution in [0.1, 0.15) is 20.3 Å². The summed E-state index contributed by atoms with van der Waals surface area (Å²) < 4.78 is 30.1. The molecule has 0 amide bonds. The van der Waals surface area contributed by atoms with Crippen LogP contribution in [0.15, 0.2) is 0 Å². The number of thioether (sulfide) groups is 1. The zero-order chi connectivity index (χ0) is 11.9. The van der Waals surface area contributed by atoms with Crippen LogP contribution in [0.3, 0.4) is 0 Å². The number of hydrogen-bond acceptors (Lipinski definition) is 4. The molecule has 0 saturated heterocycles. The molecule has 0 aliphatic heterocycles. The first-order valence-corrected chi connectivity index (χ1v) is 7.77. The molecule has 0 atom stereocenters. The molecular formula is C8H17NNaO3S3+. The summed E-state index contributed by atoms with van der Waals surface area (Å²) in [6.45, 7) is 5.77. The quantitative estimate of drug-likeness (QED) is 0.282. The third-order valence-electron chi connectivity index (χ3n) is 1.79. The number of nitrogens with zero attached hydrogens (tertiary/aromatic N) is 1. The van der Waals surface area contributed by atoms with E-state index < -0.39 is 10.1 Å². The molecule has 0 radical (unpaired) electrons. The summed E-state index contributed by atoms with van der Waals surface area (Å²) in [6, 6.07) is 0. The molecule has 0 rings (SSSR count). The molecule has 0 fully saturated rings. The van der Waals surface area contributed by atoms with E-state index in [0.717, 1.165) is 17.4 Å². The molecule has 4 nitrogen and oxygen atoms in total. The summed E-state index contributed by atoms with van der Waals surface area (Å²) in [6.07, 6.45) is 0.422. The van der Waals surface area contributed by atoms with E-state index in [1.54, 1.807) is 0 Å². The van der Waals surface area contributed by atoms with Crippen LogP contribution in [0, 0.1) is 0 Å². The predicted molar refractivity (Wildman–Crippen MR) is 69.0 cm³/mol. The predicted octanol–water partition coefficient (Wildman–Crippen LogP) is -1.37. The second-order valence-corrected chi connectivity index (χ2v) is 6.23. The summed E-state index contributed by atoms with van der Waals surface area (Å²) >= 11 is 6.61. The molecular weight excluding hydrogens is 277 g/mol. The van der Waals surface area contributed by atoms with Crippen molar-refractivity contribution in [2.45, 2.75) is 20.3 Å². The Morgan fingerprint density at radius 3 is 2.25 bits per heavy atom. The van der Waals surface area contributed by atoms with Crippen LogP contribution in [-0.2, 0) is 10.1 Å². The average Bonchev–Trinajstić information content (AvgIpc) is 2.13. The average molecular weight is 294 g/mol. The van der Waals surface area contributed by atoms with E-state index in [-0.39, 0.29) is 35.3 Å². The van der Waals surface area contributed by atoms with E-state index >= 15 is 0 Å². The van der Waals surface area contributed by atoms with Crippen LogP contribution in [0.5, 0.6) is 0 Å². The van der Waals surface area contributed by atoms with E-state index in [1.807, 2.05) is 18.7 Å². The molecule has 16 heavy (non-hydrogen) atoms. The SMILES string of the molecule is CCN(CC)C(=S)SCCCS(=O)(=O)O.[Na+]. The van der Waals surface area contributed by atoms with Crippen molar-refractivity contribution in [1.82, 2.24) is 4.90 Å². The van der Waals surface area contributed by atoms with Crippen molar-refractivity contribution in [1.29, 1.82) is 0 Å². The van der Waals surface area contributed by atoms with Gasteiger partial charge in [0.2, 0.25) is 0 Å². The monoisotopic (exact) mass is 294 g/mol. The van der Waals surface area contributed by atoms with Gasteiger partial charge < -0.3 is 4.90 Å². The Labute approximate surface area is 130 Å². The van der Waals surface area contributed by atoms with E-state index in [9.17, 15) is 8.42 Å². The molecule has 0 bridgehead atoms. The van der Waals surface area contributed by atoms with Gasteiger partial charge in [0, 0.05) is 18.8 Å². The van der Waals surface area contributed by atoms with E-state index in [2.05, 4.69) is 0 Å². The van der Waals surface area contributed by atoms with Crippen molar-refractivity contribution in [2.75, 3.05) is 24.6 Å². The van der Waals surface area contributed by atoms with Crippen molar-refractivity contribution in [3.8, 4) is 0 Å². The molecule has 0 saturated carbocycles. The summed E-state index contributed by atoms with van der Waals surface area (Å²) in [4.78, 5) is 2.04. The summed E-state index contributed by atoms with van der Waals surface area (Å²) in [7, 11) is -3.82. The summed E-state index contributed by atoms with van der Waals surface area (Å²) in [5.41, 5.74) is 0. The molecule has 0 aliphatic rings. The molecule has 1 N–H and O–H groups in total. The molecule has 0 aliphatic carbocycles. The zero-order valence-corrected chi connectivity index (χ0v) is 14.4. The first-order valence-electron chi connectivity index (χ1n) is 4.77. The molecule has 90 valence electrons. The fourth-order valence-corrected chi connectivity index (χ4v) is 3.08. The molecule has 8 heteroatoms. The molecule has 0 spiro atoms. The Hall–Kier alpha value is 1.15. The van der Waals surface area contributed by atoms with Crippen LogP contribution in [0.4, 0.5) is 0 Å². The van der Waals surface area contributed by atoms with E-state index in [1.165, 1.54) is 11.8 Å². The van der Waals surface area contributed by atoms with Crippen molar-refractivity contribution < 1.29 is 42.5 Å². The molecule has 0 heterocycles. The second-order valence-electron chi connectivity index (χ2n) is 2.93. The Morgan fingerprint density at radius 1 is 1.38 bits per heavy atom. The smallest absolute Gasteiger partial charge is 0.358 e. The van der Waals surface area contributed by atoms with E-state index in [0.29, 0.717) is 12.2 Å². The first kappa shape index (κ1) is 19.5. The topological polar surface area (TPSA) is 57.6 Å². The fraction of sp³-hybridized carbons (Fsp3) is 0.875. The van der Waals surface area contributed by atoms with Gasteiger partial charge in [0.1, 0.15) is 4.32 Å². The van der Waals surface area contributed by atoms with Gasteiger partial charge in [-0.1, -0.05) is 24.0 Å². The Morgan fingerprint density at radius 2 is 1.88 bits per heavy atom. The van der Waals surface area contributed by atoms with Crippen LogP contribution in [0.2, 0.25) is 0 Å². The normalized spacial score (nSPS) is 10.7. The number of thiocarbonyl (C=S) groups is 1. The van der Waals surface area contributed by atoms with Crippen LogP contribution >= 0.6 is 24.0 Å². The minimum absolute atomic E-state index is 0. The van der Waals surface area contributed by atoms with Crippen molar-refractivity contribution in [3.05, 3.63) is 0 Å². The van der Waals surface area contributed by atoms with Gasteiger partial charge >= 0.3 is 29.6 Å². The third kappa shape index (κ3) is 10.3. The maximum absolute atomic E-state index is 10.4. The maximum Gasteiger partial charge on any atom is 1.00 e. The standard InChI is InChI=1S/C8H17NO3S3.Na/c1-3-9(4-2)8(13)14-6-5-7-15(10,11)12;/h3-7H2,1-2H3,(H,10,11,12);/q;+1. The second kappa shape index (κ2) is 10.1. The van der Waals surface area contributed by atoms with Gasteiger partial charge in [-0.2, -0.15) is 8.42 Å². The summed E-state index contributed by atoms with van der Waals surface area (Å²) in [5, 5.41) is 0. The van der Waals surface area contributed by atoms with Crippen molar-refractivity contribution in [2.24, 2.45) is 0 Å². The molecule has 0 aromatic rings. The Bertz CT molecular complexity index is 291. The van der Waals surface area contributed by atoms with Gasteiger partial charge in [0.25, 0.3) is 10.1 Å². The third-order valence-corrected chi connectivity index (χ3v) is 4.21. The van der Waals surface area contributed by atoms with Gasteiger partial charge in [0.05, 0.1) is 5.75 Å². The zero-order valence-electron chi connectivity index (χ0n) is 9.97. The number of hydrogen-bond donors (Lipinski definition) is 1. The number of rotatable bonds is 6. The van der Waals surface area contributed by atoms with Gasteiger partial charge in [-0.3, -0.25) is 4.55 Å². The minimum Gasteiger partial charge on any atom is -0.358 e. The van der Waals surface area contributed by atoms with Gasteiger partial charge in [-0.15, -0.1) is 0 Å². The maximum atomic E-state index is 10.4. The van der Waals surface area contributed by atoms with Crippen molar-refractivity contribution in [3.63, 3.8) is 0 Å². The first-order chi connectivity index (χ1) is 6.90. The molecule has 0 aromatic carbocycles. The minimum atomic E-state index is -3.82. The molecule has 0 aromatic heterocycles. The largest absolute Gasteiger partial charge is 1.00 e. The van der Waals surface area contributed by atoms with Gasteiger partial charge in [-0.05, 0) is 20.3 Å². The Balaban J connectivity index is 0. The van der Waals surface area contributed by atoms with Gasteiger partial charge in [0.15, 0.2) is 0 Å². The van der Waals surface area contributed by atoms with Crippen LogP contribution in [0.25, 0.3) is 0 Å².